The first kappa shape index (κ1) is 23.2. The van der Waals surface area contributed by atoms with Crippen LogP contribution < -0.4 is 10.6 Å². The number of nitrogens with zero attached hydrogens (tertiary/aromatic N) is 6. The highest BCUT2D eigenvalue weighted by atomic mass is 19.1. The van der Waals surface area contributed by atoms with E-state index in [2.05, 4.69) is 26.5 Å². The molecule has 0 saturated heterocycles. The molecule has 3 aromatic heterocycles. The second-order valence-electron chi connectivity index (χ2n) is 8.09. The Kier molecular flexibility index (Phi) is 6.46. The van der Waals surface area contributed by atoms with E-state index in [1.165, 1.54) is 12.1 Å². The second kappa shape index (κ2) is 9.48. The van der Waals surface area contributed by atoms with E-state index in [0.717, 1.165) is 10.9 Å². The van der Waals surface area contributed by atoms with Crippen molar-refractivity contribution in [1.82, 2.24) is 24.4 Å². The van der Waals surface area contributed by atoms with E-state index in [0.29, 0.717) is 34.7 Å². The summed E-state index contributed by atoms with van der Waals surface area (Å²) in [5.74, 6) is 0.0643. The fourth-order valence-electron chi connectivity index (χ4n) is 4.20. The maximum Gasteiger partial charge on any atom is 0.190 e. The van der Waals surface area contributed by atoms with Crippen LogP contribution in [0, 0.1) is 23.7 Å². The average molecular weight is 461 g/mol. The van der Waals surface area contributed by atoms with Gasteiger partial charge in [0, 0.05) is 31.2 Å². The molecule has 10 heteroatoms. The van der Waals surface area contributed by atoms with Gasteiger partial charge in [-0.05, 0) is 36.2 Å². The monoisotopic (exact) mass is 460 g/mol. The first-order valence-corrected chi connectivity index (χ1v) is 10.9. The zero-order valence-corrected chi connectivity index (χ0v) is 19.2. The van der Waals surface area contributed by atoms with Crippen LogP contribution >= 0.6 is 0 Å². The number of halogens is 1. The highest BCUT2D eigenvalue weighted by Crippen LogP contribution is 2.36. The third-order valence-corrected chi connectivity index (χ3v) is 5.92. The van der Waals surface area contributed by atoms with Crippen molar-refractivity contribution in [1.29, 1.82) is 5.26 Å². The number of benzene rings is 1. The highest BCUT2D eigenvalue weighted by molar-refractivity contribution is 6.07. The van der Waals surface area contributed by atoms with Gasteiger partial charge in [0.25, 0.3) is 0 Å². The van der Waals surface area contributed by atoms with Gasteiger partial charge in [-0.15, -0.1) is 0 Å². The van der Waals surface area contributed by atoms with E-state index in [1.807, 2.05) is 29.2 Å². The molecule has 9 nitrogen and oxygen atoms in total. The number of nitrogens with one attached hydrogen (secondary N) is 2. The number of nitriles is 1. The lowest BCUT2D eigenvalue weighted by Gasteiger charge is -2.21. The SMILES string of the molecule is [C-]#[N+]c1cc(F)cc(-c2cc3c4c(ncn4C)c(NC)nc3n2CC(C#N)N[C@@H](CC)CO)c1. The Bertz CT molecular complexity index is 1440. The maximum absolute atomic E-state index is 14.4. The summed E-state index contributed by atoms with van der Waals surface area (Å²) in [5.41, 5.74) is 3.46. The largest absolute Gasteiger partial charge is 0.395 e. The molecule has 0 aliphatic heterocycles. The fraction of sp³-hybridized carbons (Fsp3) is 0.333. The fourth-order valence-corrected chi connectivity index (χ4v) is 4.20. The molecule has 0 radical (unpaired) electrons. The van der Waals surface area contributed by atoms with Crippen LogP contribution in [0.5, 0.6) is 0 Å². The Balaban J connectivity index is 1.99. The molecule has 0 saturated carbocycles. The molecular formula is C24H25FN8O. The quantitative estimate of drug-likeness (QED) is 0.347. The number of pyridine rings is 1. The van der Waals surface area contributed by atoms with Crippen molar-refractivity contribution >= 4 is 33.6 Å². The number of aliphatic hydroxyl groups is 1. The lowest BCUT2D eigenvalue weighted by atomic mass is 10.1. The molecule has 34 heavy (non-hydrogen) atoms. The Hall–Kier alpha value is -3.99. The smallest absolute Gasteiger partial charge is 0.190 e. The molecule has 0 fully saturated rings. The summed E-state index contributed by atoms with van der Waals surface area (Å²) in [5, 5.41) is 26.5. The van der Waals surface area contributed by atoms with Gasteiger partial charge in [-0.2, -0.15) is 5.26 Å². The number of hydrogen-bond donors (Lipinski definition) is 3. The van der Waals surface area contributed by atoms with Crippen molar-refractivity contribution in [3.05, 3.63) is 47.8 Å². The van der Waals surface area contributed by atoms with Gasteiger partial charge < -0.3 is 19.6 Å². The standard InChI is InChI=1S/C24H25FN8O/c1-5-16(12-34)30-18(10-26)11-33-20(14-6-15(25)8-17(7-14)27-2)9-19-22-21(29-13-32(22)4)23(28-3)31-24(19)33/h6-9,13,16,18,30,34H,5,11-12H2,1,3-4H3,(H,28,31)/t16-,18?/m0/s1. The van der Waals surface area contributed by atoms with Crippen LogP contribution in [0.4, 0.5) is 15.9 Å². The van der Waals surface area contributed by atoms with E-state index < -0.39 is 11.9 Å². The van der Waals surface area contributed by atoms with Gasteiger partial charge in [-0.1, -0.05) is 6.92 Å². The molecule has 1 unspecified atom stereocenters. The number of fused-ring (bicyclic) bond motifs is 3. The summed E-state index contributed by atoms with van der Waals surface area (Å²) < 4.78 is 18.1. The molecule has 0 bridgehead atoms. The normalized spacial score (nSPS) is 13.0. The van der Waals surface area contributed by atoms with Crippen LogP contribution in [0.1, 0.15) is 13.3 Å². The molecule has 0 aliphatic carbocycles. The lowest BCUT2D eigenvalue weighted by molar-refractivity contribution is 0.231. The van der Waals surface area contributed by atoms with Crippen LogP contribution in [0.15, 0.2) is 30.6 Å². The van der Waals surface area contributed by atoms with Crippen LogP contribution in [-0.2, 0) is 13.6 Å². The number of rotatable bonds is 8. The summed E-state index contributed by atoms with van der Waals surface area (Å²) in [6.07, 6.45) is 2.36. The van der Waals surface area contributed by atoms with Crippen molar-refractivity contribution in [2.24, 2.45) is 7.05 Å². The van der Waals surface area contributed by atoms with Crippen molar-refractivity contribution in [3.8, 4) is 17.3 Å². The predicted molar refractivity (Wildman–Crippen MR) is 129 cm³/mol. The van der Waals surface area contributed by atoms with E-state index in [-0.39, 0.29) is 24.9 Å². The van der Waals surface area contributed by atoms with Crippen LogP contribution in [-0.4, -0.2) is 49.9 Å². The maximum atomic E-state index is 14.4. The number of aromatic nitrogens is 4. The van der Waals surface area contributed by atoms with Gasteiger partial charge >= 0.3 is 0 Å². The number of aliphatic hydroxyl groups excluding tert-OH is 1. The van der Waals surface area contributed by atoms with Gasteiger partial charge in [-0.3, -0.25) is 5.32 Å². The molecule has 4 aromatic rings. The van der Waals surface area contributed by atoms with Crippen LogP contribution in [0.25, 0.3) is 38.2 Å². The van der Waals surface area contributed by atoms with E-state index in [1.54, 1.807) is 19.4 Å². The average Bonchev–Trinajstić information content (AvgIpc) is 3.41. The topological polar surface area (TPSA) is 108 Å². The minimum atomic E-state index is -0.637. The van der Waals surface area contributed by atoms with Crippen molar-refractivity contribution in [2.45, 2.75) is 32.0 Å². The molecule has 2 atom stereocenters. The third-order valence-electron chi connectivity index (χ3n) is 5.92. The van der Waals surface area contributed by atoms with Gasteiger partial charge in [0.2, 0.25) is 0 Å². The molecular weight excluding hydrogens is 435 g/mol. The Labute approximate surface area is 196 Å². The van der Waals surface area contributed by atoms with Gasteiger partial charge in [0.15, 0.2) is 11.5 Å². The van der Waals surface area contributed by atoms with E-state index in [4.69, 9.17) is 11.6 Å². The van der Waals surface area contributed by atoms with Crippen LogP contribution in [0.3, 0.4) is 0 Å². The summed E-state index contributed by atoms with van der Waals surface area (Å²) in [4.78, 5) is 12.6. The summed E-state index contributed by atoms with van der Waals surface area (Å²) in [6, 6.07) is 7.47. The summed E-state index contributed by atoms with van der Waals surface area (Å²) in [7, 11) is 3.65. The van der Waals surface area contributed by atoms with Gasteiger partial charge in [0.1, 0.15) is 23.0 Å². The summed E-state index contributed by atoms with van der Waals surface area (Å²) in [6.45, 7) is 9.37. The number of aryl methyl sites for hydroxylation is 1. The molecule has 3 N–H and O–H groups in total. The molecule has 3 heterocycles. The lowest BCUT2D eigenvalue weighted by Crippen LogP contribution is -2.41. The highest BCUT2D eigenvalue weighted by Gasteiger charge is 2.23. The van der Waals surface area contributed by atoms with E-state index >= 15 is 0 Å². The Morgan fingerprint density at radius 3 is 2.76 bits per heavy atom. The zero-order valence-electron chi connectivity index (χ0n) is 19.2. The second-order valence-corrected chi connectivity index (χ2v) is 8.09. The first-order valence-electron chi connectivity index (χ1n) is 10.9. The molecule has 4 rings (SSSR count). The Morgan fingerprint density at radius 1 is 1.32 bits per heavy atom. The van der Waals surface area contributed by atoms with Crippen LogP contribution in [0.2, 0.25) is 0 Å². The molecule has 1 aromatic carbocycles. The van der Waals surface area contributed by atoms with E-state index in [9.17, 15) is 14.8 Å². The van der Waals surface area contributed by atoms with Crippen molar-refractivity contribution in [2.75, 3.05) is 19.0 Å². The number of anilines is 1. The molecule has 174 valence electrons. The van der Waals surface area contributed by atoms with Gasteiger partial charge in [-0.25, -0.2) is 19.2 Å². The third kappa shape index (κ3) is 4.05. The summed E-state index contributed by atoms with van der Waals surface area (Å²) >= 11 is 0. The minimum Gasteiger partial charge on any atom is -0.395 e. The van der Waals surface area contributed by atoms with Crippen molar-refractivity contribution in [3.63, 3.8) is 0 Å². The number of imidazole rings is 1. The molecule has 0 spiro atoms. The predicted octanol–water partition coefficient (Wildman–Crippen LogP) is 3.57. The Morgan fingerprint density at radius 2 is 2.12 bits per heavy atom. The minimum absolute atomic E-state index is 0.0932. The van der Waals surface area contributed by atoms with Crippen molar-refractivity contribution < 1.29 is 9.50 Å². The molecule has 0 amide bonds. The zero-order chi connectivity index (χ0) is 24.4. The van der Waals surface area contributed by atoms with Gasteiger partial charge in [0.05, 0.1) is 37.6 Å². The first-order chi connectivity index (χ1) is 16.4. The number of hydrogen-bond acceptors (Lipinski definition) is 6. The molecule has 0 aliphatic rings.